The van der Waals surface area contributed by atoms with E-state index in [9.17, 15) is 0 Å². The second-order valence-electron chi connectivity index (χ2n) is 4.25. The molecule has 0 spiro atoms. The fourth-order valence-corrected chi connectivity index (χ4v) is 1.85. The molecular weight excluding hydrogens is 274 g/mol. The molecule has 0 atom stereocenters. The van der Waals surface area contributed by atoms with E-state index in [0.717, 1.165) is 17.7 Å². The third-order valence-corrected chi connectivity index (χ3v) is 3.05. The van der Waals surface area contributed by atoms with Crippen LogP contribution in [0.25, 0.3) is 0 Å². The van der Waals surface area contributed by atoms with Crippen LogP contribution in [0.1, 0.15) is 18.1 Å². The van der Waals surface area contributed by atoms with E-state index >= 15 is 0 Å². The molecular formula is C14H17N3O2S. The minimum atomic E-state index is 0.313. The fourth-order valence-electron chi connectivity index (χ4n) is 1.74. The van der Waals surface area contributed by atoms with Crippen LogP contribution in [0.5, 0.6) is 11.5 Å². The number of ether oxygens (including phenoxy) is 2. The first-order valence-electron chi connectivity index (χ1n) is 6.25. The third kappa shape index (κ3) is 3.48. The highest BCUT2D eigenvalue weighted by Crippen LogP contribution is 2.23. The van der Waals surface area contributed by atoms with Gasteiger partial charge in [0.15, 0.2) is 0 Å². The lowest BCUT2D eigenvalue weighted by Gasteiger charge is -2.09. The minimum absolute atomic E-state index is 0.313. The molecule has 2 rings (SSSR count). The lowest BCUT2D eigenvalue weighted by Crippen LogP contribution is -2.09. The Morgan fingerprint density at radius 2 is 2.10 bits per heavy atom. The van der Waals surface area contributed by atoms with Crippen LogP contribution in [0, 0.1) is 0 Å². The molecule has 0 aliphatic rings. The molecule has 1 aromatic heterocycles. The number of nitrogens with two attached hydrogens (primary N) is 1. The lowest BCUT2D eigenvalue weighted by atomic mass is 10.2. The number of thiocarbonyl (C=S) groups is 1. The highest BCUT2D eigenvalue weighted by atomic mass is 32.1. The van der Waals surface area contributed by atoms with Crippen molar-refractivity contribution in [2.75, 3.05) is 7.11 Å². The van der Waals surface area contributed by atoms with Gasteiger partial charge in [0, 0.05) is 29.9 Å². The van der Waals surface area contributed by atoms with Gasteiger partial charge in [-0.05, 0) is 19.1 Å². The first-order chi connectivity index (χ1) is 9.62. The summed E-state index contributed by atoms with van der Waals surface area (Å²) in [5.41, 5.74) is 7.37. The predicted octanol–water partition coefficient (Wildman–Crippen LogP) is 2.12. The molecule has 0 bridgehead atoms. The van der Waals surface area contributed by atoms with E-state index in [2.05, 4.69) is 5.10 Å². The lowest BCUT2D eigenvalue weighted by molar-refractivity contribution is 0.303. The second-order valence-corrected chi connectivity index (χ2v) is 4.69. The van der Waals surface area contributed by atoms with Gasteiger partial charge in [-0.2, -0.15) is 5.10 Å². The van der Waals surface area contributed by atoms with E-state index < -0.39 is 0 Å². The van der Waals surface area contributed by atoms with E-state index in [0.29, 0.717) is 23.1 Å². The van der Waals surface area contributed by atoms with Crippen LogP contribution < -0.4 is 15.2 Å². The van der Waals surface area contributed by atoms with E-state index in [4.69, 9.17) is 27.4 Å². The average molecular weight is 291 g/mol. The summed E-state index contributed by atoms with van der Waals surface area (Å²) in [4.78, 5) is 0.313. The van der Waals surface area contributed by atoms with E-state index in [1.165, 1.54) is 0 Å². The van der Waals surface area contributed by atoms with Crippen LogP contribution in [0.3, 0.4) is 0 Å². The van der Waals surface area contributed by atoms with Gasteiger partial charge in [0.25, 0.3) is 0 Å². The van der Waals surface area contributed by atoms with Crippen LogP contribution in [0.15, 0.2) is 30.6 Å². The summed E-state index contributed by atoms with van der Waals surface area (Å²) in [6, 6.07) is 5.38. The van der Waals surface area contributed by atoms with E-state index in [1.54, 1.807) is 31.5 Å². The Morgan fingerprint density at radius 1 is 1.35 bits per heavy atom. The maximum atomic E-state index is 5.73. The Labute approximate surface area is 123 Å². The zero-order valence-electron chi connectivity index (χ0n) is 11.5. The standard InChI is InChI=1S/C14H17N3O2S/c1-3-17-8-10(7-16-17)9-19-13-5-11(14(15)20)4-12(6-13)18-2/h4-8H,3,9H2,1-2H3,(H2,15,20). The zero-order valence-corrected chi connectivity index (χ0v) is 12.3. The summed E-state index contributed by atoms with van der Waals surface area (Å²) < 4.78 is 12.8. The third-order valence-electron chi connectivity index (χ3n) is 2.82. The van der Waals surface area contributed by atoms with E-state index in [-0.39, 0.29) is 0 Å². The molecule has 0 fully saturated rings. The van der Waals surface area contributed by atoms with Gasteiger partial charge in [0.2, 0.25) is 0 Å². The summed E-state index contributed by atoms with van der Waals surface area (Å²) in [6.07, 6.45) is 3.74. The number of aryl methyl sites for hydroxylation is 1. The monoisotopic (exact) mass is 291 g/mol. The maximum absolute atomic E-state index is 5.73. The number of rotatable bonds is 6. The Morgan fingerprint density at radius 3 is 2.70 bits per heavy atom. The first kappa shape index (κ1) is 14.3. The van der Waals surface area contributed by atoms with Crippen molar-refractivity contribution in [2.45, 2.75) is 20.1 Å². The fraction of sp³-hybridized carbons (Fsp3) is 0.286. The molecule has 0 saturated heterocycles. The van der Waals surface area contributed by atoms with Gasteiger partial charge in [-0.3, -0.25) is 4.68 Å². The zero-order chi connectivity index (χ0) is 14.5. The molecule has 106 valence electrons. The molecule has 20 heavy (non-hydrogen) atoms. The predicted molar refractivity (Wildman–Crippen MR) is 81.1 cm³/mol. The Balaban J connectivity index is 2.12. The Hall–Kier alpha value is -2.08. The summed E-state index contributed by atoms with van der Waals surface area (Å²) >= 11 is 4.98. The number of nitrogens with zero attached hydrogens (tertiary/aromatic N) is 2. The van der Waals surface area contributed by atoms with Gasteiger partial charge >= 0.3 is 0 Å². The normalized spacial score (nSPS) is 10.3. The Kier molecular flexibility index (Phi) is 4.57. The molecule has 0 unspecified atom stereocenters. The van der Waals surface area contributed by atoms with Crippen molar-refractivity contribution >= 4 is 17.2 Å². The number of hydrogen-bond acceptors (Lipinski definition) is 4. The highest BCUT2D eigenvalue weighted by Gasteiger charge is 2.06. The highest BCUT2D eigenvalue weighted by molar-refractivity contribution is 7.80. The van der Waals surface area contributed by atoms with Crippen molar-refractivity contribution < 1.29 is 9.47 Å². The quantitative estimate of drug-likeness (QED) is 0.826. The maximum Gasteiger partial charge on any atom is 0.124 e. The van der Waals surface area contributed by atoms with Gasteiger partial charge in [-0.1, -0.05) is 12.2 Å². The minimum Gasteiger partial charge on any atom is -0.497 e. The molecule has 0 aliphatic carbocycles. The largest absolute Gasteiger partial charge is 0.497 e. The molecule has 1 heterocycles. The SMILES string of the molecule is CCn1cc(COc2cc(OC)cc(C(N)=S)c2)cn1. The van der Waals surface area contributed by atoms with Crippen molar-refractivity contribution in [1.29, 1.82) is 0 Å². The van der Waals surface area contributed by atoms with Crippen LogP contribution in [0.4, 0.5) is 0 Å². The molecule has 2 N–H and O–H groups in total. The van der Waals surface area contributed by atoms with Crippen molar-refractivity contribution in [3.63, 3.8) is 0 Å². The molecule has 0 aliphatic heterocycles. The molecule has 5 nitrogen and oxygen atoms in total. The van der Waals surface area contributed by atoms with Gasteiger partial charge in [-0.15, -0.1) is 0 Å². The van der Waals surface area contributed by atoms with Crippen LogP contribution in [0.2, 0.25) is 0 Å². The van der Waals surface area contributed by atoms with Crippen molar-refractivity contribution in [3.8, 4) is 11.5 Å². The summed E-state index contributed by atoms with van der Waals surface area (Å²) in [7, 11) is 1.59. The number of aromatic nitrogens is 2. The first-order valence-corrected chi connectivity index (χ1v) is 6.66. The summed E-state index contributed by atoms with van der Waals surface area (Å²) in [5, 5.41) is 4.20. The molecule has 2 aromatic rings. The van der Waals surface area contributed by atoms with Gasteiger partial charge in [0.05, 0.1) is 13.3 Å². The number of hydrogen-bond donors (Lipinski definition) is 1. The number of methoxy groups -OCH3 is 1. The van der Waals surface area contributed by atoms with Crippen LogP contribution in [-0.2, 0) is 13.2 Å². The summed E-state index contributed by atoms with van der Waals surface area (Å²) in [5.74, 6) is 1.32. The van der Waals surface area contributed by atoms with Crippen molar-refractivity contribution in [1.82, 2.24) is 9.78 Å². The topological polar surface area (TPSA) is 62.3 Å². The smallest absolute Gasteiger partial charge is 0.124 e. The second kappa shape index (κ2) is 6.38. The summed E-state index contributed by atoms with van der Waals surface area (Å²) in [6.45, 7) is 3.31. The van der Waals surface area contributed by atoms with Crippen LogP contribution in [-0.4, -0.2) is 21.9 Å². The molecule has 0 saturated carbocycles. The average Bonchev–Trinajstić information content (AvgIpc) is 2.92. The van der Waals surface area contributed by atoms with Crippen molar-refractivity contribution in [3.05, 3.63) is 41.7 Å². The Bertz CT molecular complexity index is 610. The van der Waals surface area contributed by atoms with Gasteiger partial charge < -0.3 is 15.2 Å². The van der Waals surface area contributed by atoms with Crippen LogP contribution >= 0.6 is 12.2 Å². The van der Waals surface area contributed by atoms with E-state index in [1.807, 2.05) is 17.8 Å². The van der Waals surface area contributed by atoms with Gasteiger partial charge in [0.1, 0.15) is 23.1 Å². The van der Waals surface area contributed by atoms with Gasteiger partial charge in [-0.25, -0.2) is 0 Å². The molecule has 1 aromatic carbocycles. The molecule has 6 heteroatoms. The van der Waals surface area contributed by atoms with Crippen molar-refractivity contribution in [2.24, 2.45) is 5.73 Å². The molecule has 0 amide bonds. The number of benzene rings is 1. The molecule has 0 radical (unpaired) electrons.